The maximum Gasteiger partial charge on any atom is 0.226 e. The van der Waals surface area contributed by atoms with Crippen LogP contribution in [0, 0.1) is 0 Å². The third-order valence-corrected chi connectivity index (χ3v) is 5.07. The summed E-state index contributed by atoms with van der Waals surface area (Å²) in [6.45, 7) is 4.89. The van der Waals surface area contributed by atoms with E-state index in [1.165, 1.54) is 17.0 Å². The molecule has 26 heavy (non-hydrogen) atoms. The van der Waals surface area contributed by atoms with E-state index in [-0.39, 0.29) is 0 Å². The first-order chi connectivity index (χ1) is 12.8. The van der Waals surface area contributed by atoms with Crippen molar-refractivity contribution in [1.29, 1.82) is 0 Å². The van der Waals surface area contributed by atoms with E-state index in [1.807, 2.05) is 13.0 Å². The van der Waals surface area contributed by atoms with E-state index in [0.717, 1.165) is 57.0 Å². The summed E-state index contributed by atoms with van der Waals surface area (Å²) in [4.78, 5) is 6.81. The van der Waals surface area contributed by atoms with Crippen LogP contribution < -0.4 is 0 Å². The van der Waals surface area contributed by atoms with Crippen molar-refractivity contribution in [3.63, 3.8) is 0 Å². The molecule has 136 valence electrons. The molecule has 0 atom stereocenters. The number of aromatic amines is 1. The van der Waals surface area contributed by atoms with Gasteiger partial charge >= 0.3 is 0 Å². The Kier molecular flexibility index (Phi) is 5.11. The van der Waals surface area contributed by atoms with Gasteiger partial charge in [0.25, 0.3) is 0 Å². The van der Waals surface area contributed by atoms with Crippen molar-refractivity contribution >= 4 is 0 Å². The normalized spacial score (nSPS) is 16.2. The van der Waals surface area contributed by atoms with Crippen molar-refractivity contribution in [3.8, 4) is 0 Å². The quantitative estimate of drug-likeness (QED) is 0.738. The molecule has 0 spiro atoms. The van der Waals surface area contributed by atoms with Crippen LogP contribution in [0.1, 0.15) is 54.3 Å². The average Bonchev–Trinajstić information content (AvgIpc) is 3.33. The topological polar surface area (TPSA) is 70.8 Å². The molecule has 0 bridgehead atoms. The van der Waals surface area contributed by atoms with E-state index < -0.39 is 0 Å². The third kappa shape index (κ3) is 4.02. The summed E-state index contributed by atoms with van der Waals surface area (Å²) in [7, 11) is 0. The number of aromatic nitrogens is 4. The van der Waals surface area contributed by atoms with Crippen LogP contribution in [0.3, 0.4) is 0 Å². The molecule has 6 heteroatoms. The number of likely N-dealkylation sites (tertiary alicyclic amines) is 1. The van der Waals surface area contributed by atoms with Crippen LogP contribution >= 0.6 is 0 Å². The Balaban J connectivity index is 1.30. The van der Waals surface area contributed by atoms with Crippen LogP contribution in [0.4, 0.5) is 0 Å². The second-order valence-corrected chi connectivity index (χ2v) is 6.99. The number of aryl methyl sites for hydroxylation is 1. The molecule has 0 saturated carbocycles. The highest BCUT2D eigenvalue weighted by Gasteiger charge is 2.23. The van der Waals surface area contributed by atoms with Gasteiger partial charge in [-0.1, -0.05) is 42.4 Å². The molecule has 1 fully saturated rings. The molecule has 3 aromatic rings. The van der Waals surface area contributed by atoms with Gasteiger partial charge in [-0.05, 0) is 37.6 Å². The molecule has 0 amide bonds. The Morgan fingerprint density at radius 1 is 1.19 bits per heavy atom. The highest BCUT2D eigenvalue weighted by Crippen LogP contribution is 2.28. The Labute approximate surface area is 153 Å². The second-order valence-electron chi connectivity index (χ2n) is 6.99. The van der Waals surface area contributed by atoms with Crippen LogP contribution in [0.25, 0.3) is 0 Å². The first-order valence-electron chi connectivity index (χ1n) is 9.42. The van der Waals surface area contributed by atoms with E-state index in [0.29, 0.717) is 5.92 Å². The van der Waals surface area contributed by atoms with E-state index >= 15 is 0 Å². The third-order valence-electron chi connectivity index (χ3n) is 5.07. The Morgan fingerprint density at radius 2 is 2.00 bits per heavy atom. The number of benzene rings is 1. The molecule has 1 aliphatic rings. The Hall–Kier alpha value is -2.47. The fourth-order valence-corrected chi connectivity index (χ4v) is 3.58. The lowest BCUT2D eigenvalue weighted by Gasteiger charge is -2.30. The minimum Gasteiger partial charge on any atom is -0.339 e. The van der Waals surface area contributed by atoms with Gasteiger partial charge in [0.05, 0.1) is 12.2 Å². The minimum atomic E-state index is 0.531. The maximum absolute atomic E-state index is 5.20. The number of nitrogens with zero attached hydrogens (tertiary/aromatic N) is 4. The molecule has 0 unspecified atom stereocenters. The molecule has 1 N–H and O–H groups in total. The summed E-state index contributed by atoms with van der Waals surface area (Å²) in [5.74, 6) is 2.05. The molecule has 1 aromatic carbocycles. The number of piperidine rings is 1. The van der Waals surface area contributed by atoms with Gasteiger partial charge in [-0.3, -0.25) is 10.00 Å². The highest BCUT2D eigenvalue weighted by molar-refractivity contribution is 5.23. The summed E-state index contributed by atoms with van der Waals surface area (Å²) in [5, 5.41) is 11.8. The molecule has 1 saturated heterocycles. The SMILES string of the molecule is CCc1nc(CN2CCC(c3cc(Cc4ccccc4)[nH]n3)CC2)no1. The molecule has 4 rings (SSSR count). The van der Waals surface area contributed by atoms with Gasteiger partial charge in [0.1, 0.15) is 0 Å². The first kappa shape index (κ1) is 17.0. The molecular formula is C20H25N5O. The predicted octanol–water partition coefficient (Wildman–Crippen LogP) is 3.33. The minimum absolute atomic E-state index is 0.531. The molecule has 6 nitrogen and oxygen atoms in total. The van der Waals surface area contributed by atoms with Crippen LogP contribution in [0.5, 0.6) is 0 Å². The zero-order chi connectivity index (χ0) is 17.8. The molecule has 2 aromatic heterocycles. The monoisotopic (exact) mass is 351 g/mol. The summed E-state index contributed by atoms with van der Waals surface area (Å²) in [5.41, 5.74) is 3.69. The lowest BCUT2D eigenvalue weighted by Crippen LogP contribution is -2.32. The van der Waals surface area contributed by atoms with Gasteiger partial charge in [-0.25, -0.2) is 0 Å². The zero-order valence-corrected chi connectivity index (χ0v) is 15.2. The predicted molar refractivity (Wildman–Crippen MR) is 98.8 cm³/mol. The fourth-order valence-electron chi connectivity index (χ4n) is 3.58. The number of hydrogen-bond donors (Lipinski definition) is 1. The Morgan fingerprint density at radius 3 is 2.73 bits per heavy atom. The van der Waals surface area contributed by atoms with Crippen molar-refractivity contribution < 1.29 is 4.52 Å². The van der Waals surface area contributed by atoms with Crippen molar-refractivity contribution in [3.05, 3.63) is 65.1 Å². The van der Waals surface area contributed by atoms with Gasteiger partial charge in [-0.2, -0.15) is 10.1 Å². The van der Waals surface area contributed by atoms with Crippen LogP contribution in [-0.2, 0) is 19.4 Å². The van der Waals surface area contributed by atoms with E-state index in [4.69, 9.17) is 4.52 Å². The Bertz CT molecular complexity index is 818. The summed E-state index contributed by atoms with van der Waals surface area (Å²) >= 11 is 0. The number of rotatable bonds is 6. The fraction of sp³-hybridized carbons (Fsp3) is 0.450. The van der Waals surface area contributed by atoms with Crippen LogP contribution in [-0.4, -0.2) is 38.3 Å². The molecule has 3 heterocycles. The average molecular weight is 351 g/mol. The van der Waals surface area contributed by atoms with Crippen LogP contribution in [0.2, 0.25) is 0 Å². The summed E-state index contributed by atoms with van der Waals surface area (Å²) in [6.07, 6.45) is 3.94. The lowest BCUT2D eigenvalue weighted by atomic mass is 9.93. The first-order valence-corrected chi connectivity index (χ1v) is 9.42. The van der Waals surface area contributed by atoms with E-state index in [1.54, 1.807) is 0 Å². The van der Waals surface area contributed by atoms with Gasteiger partial charge in [0.2, 0.25) is 5.89 Å². The summed E-state index contributed by atoms with van der Waals surface area (Å²) in [6, 6.07) is 12.8. The highest BCUT2D eigenvalue weighted by atomic mass is 16.5. The maximum atomic E-state index is 5.20. The lowest BCUT2D eigenvalue weighted by molar-refractivity contribution is 0.196. The van der Waals surface area contributed by atoms with Crippen LogP contribution in [0.15, 0.2) is 40.9 Å². The largest absolute Gasteiger partial charge is 0.339 e. The molecular weight excluding hydrogens is 326 g/mol. The number of nitrogens with one attached hydrogen (secondary N) is 1. The van der Waals surface area contributed by atoms with Crippen molar-refractivity contribution in [2.75, 3.05) is 13.1 Å². The molecule has 0 aliphatic carbocycles. The van der Waals surface area contributed by atoms with Crippen molar-refractivity contribution in [2.45, 2.75) is 45.1 Å². The molecule has 0 radical (unpaired) electrons. The van der Waals surface area contributed by atoms with Gasteiger partial charge in [0, 0.05) is 24.5 Å². The van der Waals surface area contributed by atoms with E-state index in [9.17, 15) is 0 Å². The van der Waals surface area contributed by atoms with Crippen molar-refractivity contribution in [1.82, 2.24) is 25.2 Å². The van der Waals surface area contributed by atoms with Gasteiger partial charge < -0.3 is 4.52 Å². The van der Waals surface area contributed by atoms with E-state index in [2.05, 4.69) is 55.6 Å². The van der Waals surface area contributed by atoms with Gasteiger partial charge in [-0.15, -0.1) is 0 Å². The standard InChI is InChI=1S/C20H25N5O/c1-2-20-21-19(24-26-20)14-25-10-8-16(9-11-25)18-13-17(22-23-18)12-15-6-4-3-5-7-15/h3-7,13,16H,2,8-12,14H2,1H3,(H,22,23). The zero-order valence-electron chi connectivity index (χ0n) is 15.2. The summed E-state index contributed by atoms with van der Waals surface area (Å²) < 4.78 is 5.20. The van der Waals surface area contributed by atoms with Gasteiger partial charge in [0.15, 0.2) is 5.82 Å². The number of hydrogen-bond acceptors (Lipinski definition) is 5. The molecule has 1 aliphatic heterocycles. The van der Waals surface area contributed by atoms with Crippen molar-refractivity contribution in [2.24, 2.45) is 0 Å². The smallest absolute Gasteiger partial charge is 0.226 e. The second kappa shape index (κ2) is 7.83. The number of H-pyrrole nitrogens is 1.